The van der Waals surface area contributed by atoms with E-state index in [2.05, 4.69) is 15.5 Å². The van der Waals surface area contributed by atoms with E-state index in [-0.39, 0.29) is 11.7 Å². The Morgan fingerprint density at radius 2 is 1.71 bits per heavy atom. The van der Waals surface area contributed by atoms with Gasteiger partial charge in [0.25, 0.3) is 0 Å². The number of amides is 1. The molecule has 0 saturated heterocycles. The van der Waals surface area contributed by atoms with Crippen molar-refractivity contribution in [1.82, 2.24) is 14.8 Å². The van der Waals surface area contributed by atoms with Crippen LogP contribution in [0.1, 0.15) is 0 Å². The molecule has 2 heterocycles. The summed E-state index contributed by atoms with van der Waals surface area (Å²) in [7, 11) is 0. The van der Waals surface area contributed by atoms with E-state index in [1.807, 2.05) is 94.9 Å². The summed E-state index contributed by atoms with van der Waals surface area (Å²) < 4.78 is 2.00. The Balaban J connectivity index is 1.38. The van der Waals surface area contributed by atoms with Crippen molar-refractivity contribution in [2.24, 2.45) is 0 Å². The van der Waals surface area contributed by atoms with E-state index in [1.54, 1.807) is 11.3 Å². The molecule has 0 aliphatic heterocycles. The normalized spacial score (nSPS) is 11.0. The Kier molecular flexibility index (Phi) is 5.52. The number of rotatable bonds is 6. The van der Waals surface area contributed by atoms with Gasteiger partial charge in [-0.1, -0.05) is 72.4 Å². The van der Waals surface area contributed by atoms with Crippen LogP contribution >= 0.6 is 23.1 Å². The van der Waals surface area contributed by atoms with Crippen LogP contribution in [-0.2, 0) is 4.79 Å². The number of fused-ring (bicyclic) bond motifs is 1. The van der Waals surface area contributed by atoms with Crippen LogP contribution < -0.4 is 5.32 Å². The lowest BCUT2D eigenvalue weighted by atomic mass is 10.1. The molecule has 0 radical (unpaired) electrons. The number of carbonyl (C=O) groups excluding carboxylic acids is 1. The fourth-order valence-electron chi connectivity index (χ4n) is 3.39. The van der Waals surface area contributed by atoms with Gasteiger partial charge in [-0.2, -0.15) is 0 Å². The van der Waals surface area contributed by atoms with E-state index in [0.717, 1.165) is 32.8 Å². The molecule has 3 aromatic carbocycles. The molecule has 0 aliphatic carbocycles. The Morgan fingerprint density at radius 1 is 0.903 bits per heavy atom. The van der Waals surface area contributed by atoms with Gasteiger partial charge in [-0.15, -0.1) is 21.5 Å². The van der Waals surface area contributed by atoms with Crippen LogP contribution in [0.5, 0.6) is 0 Å². The molecule has 5 aromatic rings. The number of carbonyl (C=O) groups is 1. The topological polar surface area (TPSA) is 59.8 Å². The summed E-state index contributed by atoms with van der Waals surface area (Å²) in [5.41, 5.74) is 1.78. The quantitative estimate of drug-likeness (QED) is 0.334. The molecule has 0 saturated carbocycles. The zero-order valence-corrected chi connectivity index (χ0v) is 18.1. The molecule has 31 heavy (non-hydrogen) atoms. The molecule has 5 rings (SSSR count). The molecule has 1 amide bonds. The molecule has 2 aromatic heterocycles. The third kappa shape index (κ3) is 4.10. The summed E-state index contributed by atoms with van der Waals surface area (Å²) in [6.45, 7) is 0. The third-order valence-electron chi connectivity index (χ3n) is 4.79. The van der Waals surface area contributed by atoms with Crippen LogP contribution in [-0.4, -0.2) is 26.4 Å². The van der Waals surface area contributed by atoms with Crippen LogP contribution in [0.2, 0.25) is 0 Å². The summed E-state index contributed by atoms with van der Waals surface area (Å²) in [4.78, 5) is 13.8. The molecule has 7 heteroatoms. The van der Waals surface area contributed by atoms with Crippen molar-refractivity contribution in [3.63, 3.8) is 0 Å². The summed E-state index contributed by atoms with van der Waals surface area (Å²) in [5.74, 6) is 0.929. The SMILES string of the molecule is O=C(CSc1nnc(-c2cccs2)n1-c1ccccc1)Nc1cccc2ccccc12. The van der Waals surface area contributed by atoms with Gasteiger partial charge >= 0.3 is 0 Å². The molecule has 1 N–H and O–H groups in total. The minimum absolute atomic E-state index is 0.0818. The van der Waals surface area contributed by atoms with Crippen LogP contribution in [0, 0.1) is 0 Å². The second kappa shape index (κ2) is 8.75. The highest BCUT2D eigenvalue weighted by Crippen LogP contribution is 2.30. The number of anilines is 1. The predicted octanol–water partition coefficient (Wildman–Crippen LogP) is 5.88. The van der Waals surface area contributed by atoms with E-state index < -0.39 is 0 Å². The van der Waals surface area contributed by atoms with E-state index in [0.29, 0.717) is 5.16 Å². The van der Waals surface area contributed by atoms with Gasteiger partial charge in [0.05, 0.1) is 10.6 Å². The van der Waals surface area contributed by atoms with E-state index >= 15 is 0 Å². The molecule has 152 valence electrons. The molecule has 0 aliphatic rings. The first kappa shape index (κ1) is 19.5. The highest BCUT2D eigenvalue weighted by molar-refractivity contribution is 7.99. The number of thiophene rings is 1. The summed E-state index contributed by atoms with van der Waals surface area (Å²) >= 11 is 2.99. The highest BCUT2D eigenvalue weighted by Gasteiger charge is 2.18. The standard InChI is InChI=1S/C24H18N4OS2/c29-22(25-20-13-6-9-17-8-4-5-12-19(17)20)16-31-24-27-26-23(21-14-7-15-30-21)28(24)18-10-2-1-3-11-18/h1-15H,16H2,(H,25,29). The van der Waals surface area contributed by atoms with E-state index in [9.17, 15) is 4.79 Å². The smallest absolute Gasteiger partial charge is 0.234 e. The number of thioether (sulfide) groups is 1. The number of hydrogen-bond acceptors (Lipinski definition) is 5. The molecule has 0 unspecified atom stereocenters. The second-order valence-corrected chi connectivity index (χ2v) is 8.71. The number of aromatic nitrogens is 3. The largest absolute Gasteiger partial charge is 0.325 e. The Hall–Kier alpha value is -3.42. The average Bonchev–Trinajstić information content (AvgIpc) is 3.48. The van der Waals surface area contributed by atoms with Gasteiger partial charge in [0.1, 0.15) is 0 Å². The van der Waals surface area contributed by atoms with Crippen LogP contribution in [0.15, 0.2) is 95.5 Å². The average molecular weight is 443 g/mol. The summed E-state index contributed by atoms with van der Waals surface area (Å²) in [6, 6.07) is 27.9. The summed E-state index contributed by atoms with van der Waals surface area (Å²) in [6.07, 6.45) is 0. The van der Waals surface area contributed by atoms with Gasteiger partial charge in [0.15, 0.2) is 11.0 Å². The minimum atomic E-state index is -0.0818. The monoisotopic (exact) mass is 442 g/mol. The van der Waals surface area contributed by atoms with Gasteiger partial charge in [0, 0.05) is 16.8 Å². The third-order valence-corrected chi connectivity index (χ3v) is 6.58. The van der Waals surface area contributed by atoms with E-state index in [1.165, 1.54) is 11.8 Å². The first-order valence-electron chi connectivity index (χ1n) is 9.75. The maximum atomic E-state index is 12.7. The molecular weight excluding hydrogens is 424 g/mol. The molecule has 0 atom stereocenters. The fraction of sp³-hybridized carbons (Fsp3) is 0.0417. The van der Waals surface area contributed by atoms with Crippen molar-refractivity contribution < 1.29 is 4.79 Å². The first-order chi connectivity index (χ1) is 15.3. The van der Waals surface area contributed by atoms with Crippen molar-refractivity contribution in [2.45, 2.75) is 5.16 Å². The number of benzene rings is 3. The maximum Gasteiger partial charge on any atom is 0.234 e. The van der Waals surface area contributed by atoms with Crippen molar-refractivity contribution >= 4 is 45.5 Å². The Morgan fingerprint density at radius 3 is 2.55 bits per heavy atom. The highest BCUT2D eigenvalue weighted by atomic mass is 32.2. The predicted molar refractivity (Wildman–Crippen MR) is 128 cm³/mol. The summed E-state index contributed by atoms with van der Waals surface area (Å²) in [5, 5.41) is 16.6. The number of nitrogens with one attached hydrogen (secondary N) is 1. The first-order valence-corrected chi connectivity index (χ1v) is 11.6. The van der Waals surface area contributed by atoms with Crippen LogP contribution in [0.3, 0.4) is 0 Å². The van der Waals surface area contributed by atoms with Gasteiger partial charge in [-0.05, 0) is 35.0 Å². The van der Waals surface area contributed by atoms with Gasteiger partial charge in [0.2, 0.25) is 5.91 Å². The lowest BCUT2D eigenvalue weighted by Crippen LogP contribution is -2.14. The molecule has 0 fully saturated rings. The van der Waals surface area contributed by atoms with Gasteiger partial charge < -0.3 is 5.32 Å². The van der Waals surface area contributed by atoms with Crippen LogP contribution in [0.4, 0.5) is 5.69 Å². The zero-order valence-electron chi connectivity index (χ0n) is 16.4. The number of hydrogen-bond donors (Lipinski definition) is 1. The van der Waals surface area contributed by atoms with Gasteiger partial charge in [-0.25, -0.2) is 0 Å². The number of para-hydroxylation sites is 1. The minimum Gasteiger partial charge on any atom is -0.325 e. The van der Waals surface area contributed by atoms with Crippen molar-refractivity contribution in [3.05, 3.63) is 90.3 Å². The zero-order chi connectivity index (χ0) is 21.0. The molecule has 0 bridgehead atoms. The molecule has 5 nitrogen and oxygen atoms in total. The Bertz CT molecular complexity index is 1330. The Labute approximate surface area is 187 Å². The fourth-order valence-corrected chi connectivity index (χ4v) is 4.84. The second-order valence-electron chi connectivity index (χ2n) is 6.82. The molecule has 0 spiro atoms. The lowest BCUT2D eigenvalue weighted by molar-refractivity contribution is -0.113. The van der Waals surface area contributed by atoms with Gasteiger partial charge in [-0.3, -0.25) is 9.36 Å². The lowest BCUT2D eigenvalue weighted by Gasteiger charge is -2.10. The van der Waals surface area contributed by atoms with Crippen LogP contribution in [0.25, 0.3) is 27.2 Å². The molecular formula is C24H18N4OS2. The van der Waals surface area contributed by atoms with Crippen molar-refractivity contribution in [2.75, 3.05) is 11.1 Å². The number of nitrogens with zero attached hydrogens (tertiary/aromatic N) is 3. The maximum absolute atomic E-state index is 12.7. The van der Waals surface area contributed by atoms with Crippen molar-refractivity contribution in [1.29, 1.82) is 0 Å². The van der Waals surface area contributed by atoms with E-state index in [4.69, 9.17) is 0 Å². The van der Waals surface area contributed by atoms with Crippen molar-refractivity contribution in [3.8, 4) is 16.4 Å².